The number of benzene rings is 1. The zero-order valence-electron chi connectivity index (χ0n) is 8.39. The van der Waals surface area contributed by atoms with Crippen LogP contribution < -0.4 is 5.32 Å². The molecule has 1 aromatic rings. The maximum Gasteiger partial charge on any atom is 0.0178 e. The lowest BCUT2D eigenvalue weighted by Gasteiger charge is -2.24. The minimum absolute atomic E-state index is 0.167. The van der Waals surface area contributed by atoms with E-state index in [4.69, 9.17) is 0 Å². The van der Waals surface area contributed by atoms with Gasteiger partial charge in [-0.15, -0.1) is 0 Å². The van der Waals surface area contributed by atoms with Crippen LogP contribution in [0.4, 0.5) is 0 Å². The predicted molar refractivity (Wildman–Crippen MR) is 61.0 cm³/mol. The molecular formula is C11H16BrN. The lowest BCUT2D eigenvalue weighted by molar-refractivity contribution is 0.422. The molecular weight excluding hydrogens is 226 g/mol. The van der Waals surface area contributed by atoms with E-state index < -0.39 is 0 Å². The Labute approximate surface area is 88.7 Å². The summed E-state index contributed by atoms with van der Waals surface area (Å²) < 4.78 is 1.15. The van der Waals surface area contributed by atoms with Crippen molar-refractivity contribution in [3.8, 4) is 0 Å². The summed E-state index contributed by atoms with van der Waals surface area (Å²) in [5.41, 5.74) is 1.52. The molecule has 0 heterocycles. The molecule has 0 amide bonds. The minimum atomic E-state index is 0.167. The van der Waals surface area contributed by atoms with Crippen LogP contribution in [0.3, 0.4) is 0 Å². The second kappa shape index (κ2) is 4.25. The molecule has 0 atom stereocenters. The SMILES string of the molecule is CNC(C)(C)Cc1cccc(Br)c1. The highest BCUT2D eigenvalue weighted by Crippen LogP contribution is 2.16. The van der Waals surface area contributed by atoms with Crippen molar-refractivity contribution >= 4 is 15.9 Å². The predicted octanol–water partition coefficient (Wildman–Crippen LogP) is 2.99. The molecule has 0 saturated carbocycles. The average molecular weight is 242 g/mol. The highest BCUT2D eigenvalue weighted by Gasteiger charge is 2.14. The molecule has 72 valence electrons. The number of hydrogen-bond donors (Lipinski definition) is 1. The Morgan fingerprint density at radius 1 is 1.38 bits per heavy atom. The van der Waals surface area contributed by atoms with Crippen molar-refractivity contribution in [2.24, 2.45) is 0 Å². The molecule has 0 bridgehead atoms. The Morgan fingerprint density at radius 2 is 2.08 bits per heavy atom. The van der Waals surface area contributed by atoms with Crippen LogP contribution in [0.15, 0.2) is 28.7 Å². The van der Waals surface area contributed by atoms with Crippen LogP contribution in [0.2, 0.25) is 0 Å². The normalized spacial score (nSPS) is 11.7. The monoisotopic (exact) mass is 241 g/mol. The smallest absolute Gasteiger partial charge is 0.0178 e. The summed E-state index contributed by atoms with van der Waals surface area (Å²) in [5.74, 6) is 0. The fraction of sp³-hybridized carbons (Fsp3) is 0.455. The molecule has 0 saturated heterocycles. The van der Waals surface area contributed by atoms with Crippen molar-refractivity contribution in [2.45, 2.75) is 25.8 Å². The standard InChI is InChI=1S/C11H16BrN/c1-11(2,13-3)8-9-5-4-6-10(12)7-9/h4-7,13H,8H2,1-3H3. The maximum atomic E-state index is 3.47. The minimum Gasteiger partial charge on any atom is -0.314 e. The van der Waals surface area contributed by atoms with Crippen LogP contribution in [-0.2, 0) is 6.42 Å². The number of likely N-dealkylation sites (N-methyl/N-ethyl adjacent to an activating group) is 1. The van der Waals surface area contributed by atoms with Crippen molar-refractivity contribution in [2.75, 3.05) is 7.05 Å². The zero-order chi connectivity index (χ0) is 9.90. The molecule has 1 aromatic carbocycles. The van der Waals surface area contributed by atoms with Gasteiger partial charge in [0.2, 0.25) is 0 Å². The third-order valence-electron chi connectivity index (χ3n) is 2.21. The Hall–Kier alpha value is -0.340. The first kappa shape index (κ1) is 10.7. The summed E-state index contributed by atoms with van der Waals surface area (Å²) >= 11 is 3.47. The highest BCUT2D eigenvalue weighted by atomic mass is 79.9. The van der Waals surface area contributed by atoms with E-state index in [9.17, 15) is 0 Å². The van der Waals surface area contributed by atoms with Gasteiger partial charge >= 0.3 is 0 Å². The molecule has 0 radical (unpaired) electrons. The fourth-order valence-corrected chi connectivity index (χ4v) is 1.69. The molecule has 13 heavy (non-hydrogen) atoms. The molecule has 2 heteroatoms. The van der Waals surface area contributed by atoms with E-state index in [1.54, 1.807) is 0 Å². The van der Waals surface area contributed by atoms with Gasteiger partial charge in [-0.25, -0.2) is 0 Å². The largest absolute Gasteiger partial charge is 0.314 e. The molecule has 0 fully saturated rings. The first-order chi connectivity index (χ1) is 6.03. The molecule has 0 aliphatic heterocycles. The zero-order valence-corrected chi connectivity index (χ0v) is 9.98. The third-order valence-corrected chi connectivity index (χ3v) is 2.71. The van der Waals surface area contributed by atoms with Gasteiger partial charge in [0.1, 0.15) is 0 Å². The van der Waals surface area contributed by atoms with Crippen LogP contribution in [0.25, 0.3) is 0 Å². The Balaban J connectivity index is 2.74. The lowest BCUT2D eigenvalue weighted by atomic mass is 9.95. The number of nitrogens with one attached hydrogen (secondary N) is 1. The summed E-state index contributed by atoms with van der Waals surface area (Å²) in [4.78, 5) is 0. The number of rotatable bonds is 3. The van der Waals surface area contributed by atoms with Crippen molar-refractivity contribution < 1.29 is 0 Å². The quantitative estimate of drug-likeness (QED) is 0.859. The molecule has 1 N–H and O–H groups in total. The van der Waals surface area contributed by atoms with Crippen LogP contribution in [-0.4, -0.2) is 12.6 Å². The first-order valence-corrected chi connectivity index (χ1v) is 5.26. The second-order valence-corrected chi connectivity index (χ2v) is 4.86. The van der Waals surface area contributed by atoms with E-state index in [0.717, 1.165) is 10.9 Å². The van der Waals surface area contributed by atoms with Crippen molar-refractivity contribution in [1.29, 1.82) is 0 Å². The van der Waals surface area contributed by atoms with Crippen molar-refractivity contribution in [3.63, 3.8) is 0 Å². The number of halogens is 1. The van der Waals surface area contributed by atoms with Gasteiger partial charge in [0, 0.05) is 10.0 Å². The molecule has 0 unspecified atom stereocenters. The summed E-state index contributed by atoms with van der Waals surface area (Å²) in [6.45, 7) is 4.40. The molecule has 0 aromatic heterocycles. The van der Waals surface area contributed by atoms with Crippen molar-refractivity contribution in [3.05, 3.63) is 34.3 Å². The van der Waals surface area contributed by atoms with Gasteiger partial charge in [0.25, 0.3) is 0 Å². The third kappa shape index (κ3) is 3.49. The van der Waals surface area contributed by atoms with Crippen LogP contribution in [0, 0.1) is 0 Å². The average Bonchev–Trinajstić information content (AvgIpc) is 2.03. The first-order valence-electron chi connectivity index (χ1n) is 4.47. The molecule has 0 spiro atoms. The van der Waals surface area contributed by atoms with E-state index in [1.165, 1.54) is 5.56 Å². The van der Waals surface area contributed by atoms with Gasteiger partial charge in [-0.1, -0.05) is 28.1 Å². The van der Waals surface area contributed by atoms with Crippen LogP contribution in [0.1, 0.15) is 19.4 Å². The Bertz CT molecular complexity index is 281. The van der Waals surface area contributed by atoms with Crippen molar-refractivity contribution in [1.82, 2.24) is 5.32 Å². The second-order valence-electron chi connectivity index (χ2n) is 3.94. The van der Waals surface area contributed by atoms with E-state index in [1.807, 2.05) is 7.05 Å². The van der Waals surface area contributed by atoms with E-state index in [0.29, 0.717) is 0 Å². The summed E-state index contributed by atoms with van der Waals surface area (Å²) in [6, 6.07) is 8.45. The summed E-state index contributed by atoms with van der Waals surface area (Å²) in [7, 11) is 2.00. The Kier molecular flexibility index (Phi) is 3.51. The Morgan fingerprint density at radius 3 is 2.62 bits per heavy atom. The fourth-order valence-electron chi connectivity index (χ4n) is 1.25. The maximum absolute atomic E-state index is 3.47. The summed E-state index contributed by atoms with van der Waals surface area (Å²) in [6.07, 6.45) is 1.04. The summed E-state index contributed by atoms with van der Waals surface area (Å²) in [5, 5.41) is 3.29. The van der Waals surface area contributed by atoms with Gasteiger partial charge in [-0.2, -0.15) is 0 Å². The van der Waals surface area contributed by atoms with Gasteiger partial charge in [0.15, 0.2) is 0 Å². The lowest BCUT2D eigenvalue weighted by Crippen LogP contribution is -2.38. The van der Waals surface area contributed by atoms with Crippen LogP contribution in [0.5, 0.6) is 0 Å². The van der Waals surface area contributed by atoms with E-state index >= 15 is 0 Å². The van der Waals surface area contributed by atoms with Gasteiger partial charge in [-0.05, 0) is 45.0 Å². The molecule has 0 aliphatic carbocycles. The molecule has 1 rings (SSSR count). The van der Waals surface area contributed by atoms with Crippen LogP contribution >= 0.6 is 15.9 Å². The molecule has 0 aliphatic rings. The van der Waals surface area contributed by atoms with E-state index in [2.05, 4.69) is 59.4 Å². The number of hydrogen-bond acceptors (Lipinski definition) is 1. The highest BCUT2D eigenvalue weighted by molar-refractivity contribution is 9.10. The van der Waals surface area contributed by atoms with Gasteiger partial charge in [-0.3, -0.25) is 0 Å². The topological polar surface area (TPSA) is 12.0 Å². The van der Waals surface area contributed by atoms with E-state index in [-0.39, 0.29) is 5.54 Å². The van der Waals surface area contributed by atoms with Gasteiger partial charge < -0.3 is 5.32 Å². The van der Waals surface area contributed by atoms with Gasteiger partial charge in [0.05, 0.1) is 0 Å². The molecule has 1 nitrogen and oxygen atoms in total.